The van der Waals surface area contributed by atoms with Gasteiger partial charge in [0.25, 0.3) is 0 Å². The summed E-state index contributed by atoms with van der Waals surface area (Å²) < 4.78 is 0. The van der Waals surface area contributed by atoms with Gasteiger partial charge in [-0.1, -0.05) is 0 Å². The number of pyridine rings is 1. The van der Waals surface area contributed by atoms with E-state index < -0.39 is 0 Å². The van der Waals surface area contributed by atoms with Crippen molar-refractivity contribution in [3.8, 4) is 11.4 Å². The Kier molecular flexibility index (Phi) is 3.90. The summed E-state index contributed by atoms with van der Waals surface area (Å²) in [4.78, 5) is 13.1. The zero-order valence-corrected chi connectivity index (χ0v) is 11.9. The summed E-state index contributed by atoms with van der Waals surface area (Å²) in [7, 11) is 0. The van der Waals surface area contributed by atoms with Gasteiger partial charge >= 0.3 is 0 Å². The van der Waals surface area contributed by atoms with Crippen molar-refractivity contribution in [3.05, 3.63) is 42.0 Å². The van der Waals surface area contributed by atoms with Crippen LogP contribution >= 0.6 is 0 Å². The Labute approximate surface area is 114 Å². The number of aromatic nitrogens is 3. The smallest absolute Gasteiger partial charge is 0.161 e. The van der Waals surface area contributed by atoms with E-state index in [2.05, 4.69) is 41.0 Å². The quantitative estimate of drug-likeness (QED) is 0.917. The highest BCUT2D eigenvalue weighted by Gasteiger charge is 2.10. The third-order valence-electron chi connectivity index (χ3n) is 2.79. The summed E-state index contributed by atoms with van der Waals surface area (Å²) in [5.41, 5.74) is 3.19. The summed E-state index contributed by atoms with van der Waals surface area (Å²) in [5.74, 6) is 0.735. The number of nitrogens with one attached hydrogen (secondary N) is 1. The van der Waals surface area contributed by atoms with Gasteiger partial charge in [-0.25, -0.2) is 9.97 Å². The molecule has 4 heteroatoms. The maximum Gasteiger partial charge on any atom is 0.161 e. The molecule has 2 aromatic heterocycles. The van der Waals surface area contributed by atoms with E-state index in [4.69, 9.17) is 0 Å². The van der Waals surface area contributed by atoms with Crippen LogP contribution < -0.4 is 5.32 Å². The molecule has 0 aliphatic heterocycles. The molecule has 0 fully saturated rings. The van der Waals surface area contributed by atoms with Crippen molar-refractivity contribution in [2.45, 2.75) is 39.8 Å². The largest absolute Gasteiger partial charge is 0.306 e. The standard InChI is InChI=1S/C15H20N4/c1-11-5-7-16-10-13(11)14-17-8-6-12(19-14)9-18-15(2,3)4/h5-8,10,18H,9H2,1-4H3. The highest BCUT2D eigenvalue weighted by atomic mass is 15.0. The number of hydrogen-bond donors (Lipinski definition) is 1. The molecule has 0 amide bonds. The van der Waals surface area contributed by atoms with Crippen LogP contribution in [-0.4, -0.2) is 20.5 Å². The second kappa shape index (κ2) is 5.45. The molecule has 0 radical (unpaired) electrons. The Balaban J connectivity index is 2.23. The fourth-order valence-electron chi connectivity index (χ4n) is 1.68. The van der Waals surface area contributed by atoms with Gasteiger partial charge in [0.1, 0.15) is 0 Å². The normalized spacial score (nSPS) is 11.6. The number of rotatable bonds is 3. The molecular weight excluding hydrogens is 236 g/mol. The van der Waals surface area contributed by atoms with Crippen LogP contribution in [0.1, 0.15) is 32.0 Å². The van der Waals surface area contributed by atoms with E-state index in [-0.39, 0.29) is 5.54 Å². The fourth-order valence-corrected chi connectivity index (χ4v) is 1.68. The van der Waals surface area contributed by atoms with Gasteiger partial charge in [-0.3, -0.25) is 4.98 Å². The highest BCUT2D eigenvalue weighted by Crippen LogP contribution is 2.17. The maximum atomic E-state index is 4.59. The predicted octanol–water partition coefficient (Wildman–Crippen LogP) is 2.74. The number of aryl methyl sites for hydroxylation is 1. The molecule has 0 saturated heterocycles. The second-order valence-electron chi connectivity index (χ2n) is 5.67. The van der Waals surface area contributed by atoms with Crippen LogP contribution in [0.4, 0.5) is 0 Å². The van der Waals surface area contributed by atoms with Gasteiger partial charge in [0, 0.05) is 36.2 Å². The van der Waals surface area contributed by atoms with Crippen LogP contribution in [-0.2, 0) is 6.54 Å². The zero-order valence-electron chi connectivity index (χ0n) is 11.9. The maximum absolute atomic E-state index is 4.59. The molecule has 0 spiro atoms. The van der Waals surface area contributed by atoms with Gasteiger partial charge in [0.15, 0.2) is 5.82 Å². The lowest BCUT2D eigenvalue weighted by Crippen LogP contribution is -2.35. The van der Waals surface area contributed by atoms with Crippen LogP contribution in [0.2, 0.25) is 0 Å². The lowest BCUT2D eigenvalue weighted by Gasteiger charge is -2.20. The minimum atomic E-state index is 0.0787. The van der Waals surface area contributed by atoms with Crippen LogP contribution in [0.15, 0.2) is 30.7 Å². The minimum absolute atomic E-state index is 0.0787. The monoisotopic (exact) mass is 256 g/mol. The molecule has 0 aromatic carbocycles. The Morgan fingerprint density at radius 1 is 1.16 bits per heavy atom. The lowest BCUT2D eigenvalue weighted by atomic mass is 10.1. The fraction of sp³-hybridized carbons (Fsp3) is 0.400. The van der Waals surface area contributed by atoms with Crippen LogP contribution in [0, 0.1) is 6.92 Å². The molecule has 0 saturated carbocycles. The first-order valence-corrected chi connectivity index (χ1v) is 6.44. The summed E-state index contributed by atoms with van der Waals surface area (Å²) in [5, 5.41) is 3.43. The molecule has 0 unspecified atom stereocenters. The first-order chi connectivity index (χ1) is 8.96. The third-order valence-corrected chi connectivity index (χ3v) is 2.79. The van der Waals surface area contributed by atoms with E-state index in [0.717, 1.165) is 29.2 Å². The van der Waals surface area contributed by atoms with Gasteiger partial charge in [0.05, 0.1) is 5.69 Å². The number of nitrogens with zero attached hydrogens (tertiary/aromatic N) is 3. The summed E-state index contributed by atoms with van der Waals surface area (Å²) in [6.07, 6.45) is 5.39. The molecule has 0 aliphatic carbocycles. The number of hydrogen-bond acceptors (Lipinski definition) is 4. The molecule has 100 valence electrons. The third kappa shape index (κ3) is 3.83. The molecule has 0 atom stereocenters. The van der Waals surface area contributed by atoms with Crippen molar-refractivity contribution in [3.63, 3.8) is 0 Å². The SMILES string of the molecule is Cc1ccncc1-c1nccc(CNC(C)(C)C)n1. The molecule has 4 nitrogen and oxygen atoms in total. The van der Waals surface area contributed by atoms with E-state index in [1.807, 2.05) is 25.3 Å². The van der Waals surface area contributed by atoms with Crippen LogP contribution in [0.3, 0.4) is 0 Å². The highest BCUT2D eigenvalue weighted by molar-refractivity contribution is 5.57. The lowest BCUT2D eigenvalue weighted by molar-refractivity contribution is 0.421. The predicted molar refractivity (Wildman–Crippen MR) is 76.6 cm³/mol. The summed E-state index contributed by atoms with van der Waals surface area (Å²) in [6.45, 7) is 9.19. The minimum Gasteiger partial charge on any atom is -0.306 e. The Morgan fingerprint density at radius 3 is 2.63 bits per heavy atom. The Morgan fingerprint density at radius 2 is 1.95 bits per heavy atom. The van der Waals surface area contributed by atoms with E-state index in [1.54, 1.807) is 12.4 Å². The van der Waals surface area contributed by atoms with Crippen molar-refractivity contribution in [1.29, 1.82) is 0 Å². The topological polar surface area (TPSA) is 50.7 Å². The molecular formula is C15H20N4. The Hall–Kier alpha value is -1.81. The van der Waals surface area contributed by atoms with Crippen LogP contribution in [0.5, 0.6) is 0 Å². The molecule has 0 bridgehead atoms. The molecule has 1 N–H and O–H groups in total. The van der Waals surface area contributed by atoms with E-state index in [1.165, 1.54) is 0 Å². The first kappa shape index (κ1) is 13.6. The first-order valence-electron chi connectivity index (χ1n) is 6.44. The Bertz CT molecular complexity index is 558. The van der Waals surface area contributed by atoms with Gasteiger partial charge in [0.2, 0.25) is 0 Å². The van der Waals surface area contributed by atoms with Crippen molar-refractivity contribution >= 4 is 0 Å². The summed E-state index contributed by atoms with van der Waals surface area (Å²) in [6, 6.07) is 3.91. The van der Waals surface area contributed by atoms with Gasteiger partial charge in [-0.15, -0.1) is 0 Å². The second-order valence-corrected chi connectivity index (χ2v) is 5.67. The van der Waals surface area contributed by atoms with E-state index in [9.17, 15) is 0 Å². The molecule has 2 rings (SSSR count). The average Bonchev–Trinajstić information content (AvgIpc) is 2.36. The van der Waals surface area contributed by atoms with E-state index in [0.29, 0.717) is 0 Å². The van der Waals surface area contributed by atoms with Crippen molar-refractivity contribution in [2.75, 3.05) is 0 Å². The van der Waals surface area contributed by atoms with Gasteiger partial charge < -0.3 is 5.32 Å². The van der Waals surface area contributed by atoms with Crippen molar-refractivity contribution in [1.82, 2.24) is 20.3 Å². The van der Waals surface area contributed by atoms with Gasteiger partial charge in [-0.2, -0.15) is 0 Å². The van der Waals surface area contributed by atoms with E-state index >= 15 is 0 Å². The molecule has 2 aromatic rings. The zero-order chi connectivity index (χ0) is 13.9. The van der Waals surface area contributed by atoms with Gasteiger partial charge in [-0.05, 0) is 45.4 Å². The van der Waals surface area contributed by atoms with Crippen molar-refractivity contribution in [2.24, 2.45) is 0 Å². The summed E-state index contributed by atoms with van der Waals surface area (Å²) >= 11 is 0. The average molecular weight is 256 g/mol. The van der Waals surface area contributed by atoms with Crippen molar-refractivity contribution < 1.29 is 0 Å². The molecule has 2 heterocycles. The van der Waals surface area contributed by atoms with Crippen LogP contribution in [0.25, 0.3) is 11.4 Å². The molecule has 0 aliphatic rings. The molecule has 19 heavy (non-hydrogen) atoms.